The molecular formula is C15H21O. The third-order valence-electron chi connectivity index (χ3n) is 2.79. The van der Waals surface area contributed by atoms with Gasteiger partial charge in [-0.3, -0.25) is 4.79 Å². The van der Waals surface area contributed by atoms with Crippen LogP contribution >= 0.6 is 0 Å². The SMILES string of the molecule is C=CC(=O)C1[CH]C1C=CC=CCCCCC. The molecule has 2 unspecified atom stereocenters. The van der Waals surface area contributed by atoms with Crippen LogP contribution in [-0.4, -0.2) is 5.78 Å². The molecule has 0 N–H and O–H groups in total. The molecule has 0 aliphatic heterocycles. The summed E-state index contributed by atoms with van der Waals surface area (Å²) in [4.78, 5) is 11.2. The normalized spacial score (nSPS) is 24.1. The van der Waals surface area contributed by atoms with Gasteiger partial charge in [0.25, 0.3) is 0 Å². The molecule has 2 atom stereocenters. The molecule has 0 aromatic heterocycles. The second-order valence-corrected chi connectivity index (χ2v) is 4.21. The smallest absolute Gasteiger partial charge is 0.159 e. The topological polar surface area (TPSA) is 17.1 Å². The lowest BCUT2D eigenvalue weighted by molar-refractivity contribution is -0.115. The van der Waals surface area contributed by atoms with Gasteiger partial charge in [-0.2, -0.15) is 0 Å². The van der Waals surface area contributed by atoms with Crippen LogP contribution in [0.3, 0.4) is 0 Å². The first-order valence-electron chi connectivity index (χ1n) is 6.14. The number of allylic oxidation sites excluding steroid dienone is 5. The molecule has 0 heterocycles. The summed E-state index contributed by atoms with van der Waals surface area (Å²) in [6, 6.07) is 0. The molecule has 0 amide bonds. The van der Waals surface area contributed by atoms with E-state index in [4.69, 9.17) is 0 Å². The van der Waals surface area contributed by atoms with E-state index in [9.17, 15) is 4.79 Å². The zero-order valence-corrected chi connectivity index (χ0v) is 10.1. The summed E-state index contributed by atoms with van der Waals surface area (Å²) in [5, 5.41) is 0. The van der Waals surface area contributed by atoms with Gasteiger partial charge in [0.05, 0.1) is 0 Å². The number of unbranched alkanes of at least 4 members (excludes halogenated alkanes) is 3. The van der Waals surface area contributed by atoms with E-state index < -0.39 is 0 Å². The first kappa shape index (κ1) is 13.0. The highest BCUT2D eigenvalue weighted by molar-refractivity contribution is 5.95. The Morgan fingerprint density at radius 3 is 2.88 bits per heavy atom. The predicted octanol–water partition coefficient (Wildman–Crippen LogP) is 3.88. The maximum absolute atomic E-state index is 11.2. The van der Waals surface area contributed by atoms with E-state index in [2.05, 4.69) is 31.7 Å². The molecule has 0 spiro atoms. The fourth-order valence-corrected chi connectivity index (χ4v) is 1.66. The Morgan fingerprint density at radius 2 is 2.19 bits per heavy atom. The number of carbonyl (C=O) groups excluding carboxylic acids is 1. The van der Waals surface area contributed by atoms with Crippen LogP contribution in [0, 0.1) is 18.3 Å². The third kappa shape index (κ3) is 4.61. The van der Waals surface area contributed by atoms with Crippen LogP contribution in [0.4, 0.5) is 0 Å². The van der Waals surface area contributed by atoms with Crippen molar-refractivity contribution in [1.29, 1.82) is 0 Å². The Kier molecular flexibility index (Phi) is 5.84. The van der Waals surface area contributed by atoms with Gasteiger partial charge in [0.2, 0.25) is 0 Å². The van der Waals surface area contributed by atoms with E-state index in [1.54, 1.807) is 0 Å². The molecule has 0 aromatic carbocycles. The standard InChI is InChI=1S/C15H21O/c1-3-5-6-7-8-9-10-11-13-12-14(13)15(16)4-2/h4,8-14H,2-3,5-7H2,1H3. The molecule has 1 saturated carbocycles. The van der Waals surface area contributed by atoms with Crippen LogP contribution in [0.15, 0.2) is 37.0 Å². The van der Waals surface area contributed by atoms with E-state index in [0.717, 1.165) is 6.42 Å². The van der Waals surface area contributed by atoms with Crippen LogP contribution < -0.4 is 0 Å². The lowest BCUT2D eigenvalue weighted by Gasteiger charge is -1.90. The Hall–Kier alpha value is -1.11. The summed E-state index contributed by atoms with van der Waals surface area (Å²) < 4.78 is 0. The van der Waals surface area contributed by atoms with Gasteiger partial charge in [-0.25, -0.2) is 0 Å². The Morgan fingerprint density at radius 1 is 1.38 bits per heavy atom. The number of hydrogen-bond donors (Lipinski definition) is 0. The van der Waals surface area contributed by atoms with Crippen LogP contribution in [0.25, 0.3) is 0 Å². The number of ketones is 1. The van der Waals surface area contributed by atoms with Gasteiger partial charge in [-0.1, -0.05) is 50.6 Å². The van der Waals surface area contributed by atoms with Crippen molar-refractivity contribution in [2.24, 2.45) is 11.8 Å². The highest BCUT2D eigenvalue weighted by atomic mass is 16.1. The lowest BCUT2D eigenvalue weighted by Crippen LogP contribution is -1.95. The zero-order chi connectivity index (χ0) is 11.8. The maximum atomic E-state index is 11.2. The molecule has 1 aliphatic rings. The summed E-state index contributed by atoms with van der Waals surface area (Å²) >= 11 is 0. The van der Waals surface area contributed by atoms with Crippen molar-refractivity contribution in [3.63, 3.8) is 0 Å². The second-order valence-electron chi connectivity index (χ2n) is 4.21. The summed E-state index contributed by atoms with van der Waals surface area (Å²) in [7, 11) is 0. The van der Waals surface area contributed by atoms with E-state index in [-0.39, 0.29) is 11.7 Å². The summed E-state index contributed by atoms with van der Waals surface area (Å²) in [5.74, 6) is 0.578. The van der Waals surface area contributed by atoms with Gasteiger partial charge in [-0.15, -0.1) is 0 Å². The average molecular weight is 217 g/mol. The first-order valence-corrected chi connectivity index (χ1v) is 6.14. The number of carbonyl (C=O) groups is 1. The monoisotopic (exact) mass is 217 g/mol. The highest BCUT2D eigenvalue weighted by Crippen LogP contribution is 2.39. The predicted molar refractivity (Wildman–Crippen MR) is 68.9 cm³/mol. The summed E-state index contributed by atoms with van der Waals surface area (Å²) in [6.45, 7) is 5.70. The van der Waals surface area contributed by atoms with E-state index in [1.165, 1.54) is 25.3 Å². The van der Waals surface area contributed by atoms with Gasteiger partial charge in [0.1, 0.15) is 0 Å². The van der Waals surface area contributed by atoms with Gasteiger partial charge < -0.3 is 0 Å². The molecule has 1 aliphatic carbocycles. The fraction of sp³-hybridized carbons (Fsp3) is 0.467. The van der Waals surface area contributed by atoms with Crippen molar-refractivity contribution in [3.8, 4) is 0 Å². The molecule has 0 saturated heterocycles. The van der Waals surface area contributed by atoms with Crippen molar-refractivity contribution in [3.05, 3.63) is 43.4 Å². The Balaban J connectivity index is 2.10. The van der Waals surface area contributed by atoms with E-state index in [1.807, 2.05) is 12.5 Å². The molecule has 1 fully saturated rings. The van der Waals surface area contributed by atoms with E-state index >= 15 is 0 Å². The molecule has 1 heteroatoms. The Bertz CT molecular complexity index is 286. The minimum atomic E-state index is 0.0993. The molecule has 1 radical (unpaired) electrons. The van der Waals surface area contributed by atoms with Crippen molar-refractivity contribution in [2.45, 2.75) is 32.6 Å². The number of hydrogen-bond acceptors (Lipinski definition) is 1. The first-order chi connectivity index (χ1) is 7.79. The highest BCUT2D eigenvalue weighted by Gasteiger charge is 2.39. The zero-order valence-electron chi connectivity index (χ0n) is 10.1. The summed E-state index contributed by atoms with van der Waals surface area (Å²) in [6.07, 6.45) is 16.9. The van der Waals surface area contributed by atoms with E-state index in [0.29, 0.717) is 5.92 Å². The van der Waals surface area contributed by atoms with Crippen molar-refractivity contribution in [1.82, 2.24) is 0 Å². The molecular weight excluding hydrogens is 196 g/mol. The van der Waals surface area contributed by atoms with Crippen molar-refractivity contribution >= 4 is 5.78 Å². The van der Waals surface area contributed by atoms with Gasteiger partial charge in [-0.05, 0) is 31.3 Å². The summed E-state index contributed by atoms with van der Waals surface area (Å²) in [5.41, 5.74) is 0. The minimum Gasteiger partial charge on any atom is -0.295 e. The molecule has 0 bridgehead atoms. The van der Waals surface area contributed by atoms with Gasteiger partial charge in [0, 0.05) is 5.92 Å². The quantitative estimate of drug-likeness (QED) is 0.342. The second kappa shape index (κ2) is 7.21. The maximum Gasteiger partial charge on any atom is 0.159 e. The fourth-order valence-electron chi connectivity index (χ4n) is 1.66. The Labute approximate surface area is 98.9 Å². The van der Waals surface area contributed by atoms with Crippen molar-refractivity contribution in [2.75, 3.05) is 0 Å². The lowest BCUT2D eigenvalue weighted by atomic mass is 10.2. The van der Waals surface area contributed by atoms with Crippen LogP contribution in [0.1, 0.15) is 32.6 Å². The number of rotatable bonds is 8. The van der Waals surface area contributed by atoms with Gasteiger partial charge in [0.15, 0.2) is 5.78 Å². The van der Waals surface area contributed by atoms with Gasteiger partial charge >= 0.3 is 0 Å². The largest absolute Gasteiger partial charge is 0.295 e. The molecule has 1 nitrogen and oxygen atoms in total. The average Bonchev–Trinajstić information content (AvgIpc) is 3.06. The molecule has 1 rings (SSSR count). The minimum absolute atomic E-state index is 0.0993. The molecule has 87 valence electrons. The molecule has 0 aromatic rings. The van der Waals surface area contributed by atoms with Crippen molar-refractivity contribution < 1.29 is 4.79 Å². The van der Waals surface area contributed by atoms with Crippen LogP contribution in [0.2, 0.25) is 0 Å². The van der Waals surface area contributed by atoms with Crippen LogP contribution in [-0.2, 0) is 4.79 Å². The van der Waals surface area contributed by atoms with Crippen LogP contribution in [0.5, 0.6) is 0 Å². The third-order valence-corrected chi connectivity index (χ3v) is 2.79. The molecule has 16 heavy (non-hydrogen) atoms.